The number of carbonyl (C=O) groups excluding carboxylic acids is 1. The van der Waals surface area contributed by atoms with Gasteiger partial charge in [0.1, 0.15) is 12.4 Å². The summed E-state index contributed by atoms with van der Waals surface area (Å²) < 4.78 is 16.8. The van der Waals surface area contributed by atoms with Crippen molar-refractivity contribution in [3.63, 3.8) is 0 Å². The number of carboxylic acid groups (broad SMARTS) is 1. The summed E-state index contributed by atoms with van der Waals surface area (Å²) in [5.74, 6) is 0.709. The molecule has 1 N–H and O–H groups in total. The fraction of sp³-hybridized carbons (Fsp3) is 0.179. The molecule has 0 aliphatic carbocycles. The van der Waals surface area contributed by atoms with Crippen LogP contribution in [0.1, 0.15) is 28.4 Å². The topological polar surface area (TPSA) is 97.7 Å². The van der Waals surface area contributed by atoms with Gasteiger partial charge >= 0.3 is 5.97 Å². The van der Waals surface area contributed by atoms with Crippen LogP contribution in [0.5, 0.6) is 17.2 Å². The molecule has 1 heterocycles. The van der Waals surface area contributed by atoms with E-state index < -0.39 is 5.97 Å². The Kier molecular flexibility index (Phi) is 8.15. The van der Waals surface area contributed by atoms with Gasteiger partial charge in [0.05, 0.1) is 29.9 Å². The molecular formula is C28H26N2O6S. The van der Waals surface area contributed by atoms with Gasteiger partial charge in [0.25, 0.3) is 5.91 Å². The van der Waals surface area contributed by atoms with Gasteiger partial charge in [-0.25, -0.2) is 9.79 Å². The molecule has 1 fully saturated rings. The highest BCUT2D eigenvalue weighted by atomic mass is 32.2. The number of likely N-dealkylation sites (N-methyl/N-ethyl adjacent to an activating group) is 1. The lowest BCUT2D eigenvalue weighted by molar-refractivity contribution is -0.121. The number of amidine groups is 1. The SMILES string of the molecule is CCOc1ccc(N=C2S/C(=C\c3ccc(OCc4ccc(C(=O)O)cc4)c(OC)c3)C(=O)N2C)cc1. The highest BCUT2D eigenvalue weighted by Gasteiger charge is 2.30. The maximum atomic E-state index is 12.8. The van der Waals surface area contributed by atoms with Gasteiger partial charge in [-0.05, 0) is 84.4 Å². The molecule has 1 saturated heterocycles. The van der Waals surface area contributed by atoms with Crippen LogP contribution in [0.4, 0.5) is 5.69 Å². The quantitative estimate of drug-likeness (QED) is 0.368. The van der Waals surface area contributed by atoms with Crippen molar-refractivity contribution in [3.8, 4) is 17.2 Å². The van der Waals surface area contributed by atoms with E-state index in [0.717, 1.165) is 22.6 Å². The number of rotatable bonds is 9. The van der Waals surface area contributed by atoms with Gasteiger partial charge in [0, 0.05) is 7.05 Å². The summed E-state index contributed by atoms with van der Waals surface area (Å²) >= 11 is 1.30. The molecule has 0 atom stereocenters. The van der Waals surface area contributed by atoms with Crippen molar-refractivity contribution in [3.05, 3.63) is 88.3 Å². The molecule has 0 aromatic heterocycles. The molecule has 0 spiro atoms. The minimum Gasteiger partial charge on any atom is -0.494 e. The van der Waals surface area contributed by atoms with E-state index in [1.807, 2.05) is 37.3 Å². The second kappa shape index (κ2) is 11.7. The Morgan fingerprint density at radius 1 is 1.03 bits per heavy atom. The lowest BCUT2D eigenvalue weighted by atomic mass is 10.1. The van der Waals surface area contributed by atoms with Crippen molar-refractivity contribution >= 4 is 40.6 Å². The molecule has 3 aromatic carbocycles. The van der Waals surface area contributed by atoms with Crippen LogP contribution < -0.4 is 14.2 Å². The van der Waals surface area contributed by atoms with E-state index in [1.54, 1.807) is 44.5 Å². The summed E-state index contributed by atoms with van der Waals surface area (Å²) in [6, 6.07) is 19.3. The van der Waals surface area contributed by atoms with Crippen LogP contribution >= 0.6 is 11.8 Å². The van der Waals surface area contributed by atoms with Crippen LogP contribution in [-0.2, 0) is 11.4 Å². The van der Waals surface area contributed by atoms with Gasteiger partial charge in [0.15, 0.2) is 16.7 Å². The van der Waals surface area contributed by atoms with Crippen molar-refractivity contribution in [2.24, 2.45) is 4.99 Å². The van der Waals surface area contributed by atoms with Gasteiger partial charge in [0.2, 0.25) is 0 Å². The molecular weight excluding hydrogens is 492 g/mol. The number of aromatic carboxylic acids is 1. The van der Waals surface area contributed by atoms with Crippen LogP contribution in [0.3, 0.4) is 0 Å². The Morgan fingerprint density at radius 3 is 2.41 bits per heavy atom. The Balaban J connectivity index is 1.47. The van der Waals surface area contributed by atoms with Crippen LogP contribution in [-0.4, -0.2) is 47.8 Å². The van der Waals surface area contributed by atoms with Crippen molar-refractivity contribution in [2.45, 2.75) is 13.5 Å². The predicted octanol–water partition coefficient (Wildman–Crippen LogP) is 5.60. The number of thioether (sulfide) groups is 1. The standard InChI is InChI=1S/C28H26N2O6S/c1-4-35-22-12-10-21(11-13-22)29-28-30(2)26(31)25(37-28)16-19-7-14-23(24(15-19)34-3)36-17-18-5-8-20(9-6-18)27(32)33/h5-16H,4,17H2,1-3H3,(H,32,33)/b25-16-,29-28?. The van der Waals surface area contributed by atoms with E-state index in [9.17, 15) is 9.59 Å². The number of amides is 1. The number of carboxylic acids is 1. The summed E-state index contributed by atoms with van der Waals surface area (Å²) in [6.45, 7) is 2.77. The van der Waals surface area contributed by atoms with E-state index in [1.165, 1.54) is 28.8 Å². The second-order valence-electron chi connectivity index (χ2n) is 8.00. The molecule has 3 aromatic rings. The van der Waals surface area contributed by atoms with Crippen molar-refractivity contribution in [2.75, 3.05) is 20.8 Å². The van der Waals surface area contributed by atoms with E-state index >= 15 is 0 Å². The molecule has 8 nitrogen and oxygen atoms in total. The summed E-state index contributed by atoms with van der Waals surface area (Å²) in [6.07, 6.45) is 1.79. The third-order valence-electron chi connectivity index (χ3n) is 5.46. The number of carbonyl (C=O) groups is 2. The van der Waals surface area contributed by atoms with Gasteiger partial charge in [-0.3, -0.25) is 9.69 Å². The Hall–Kier alpha value is -4.24. The molecule has 190 valence electrons. The van der Waals surface area contributed by atoms with E-state index in [-0.39, 0.29) is 18.1 Å². The maximum Gasteiger partial charge on any atom is 0.335 e. The molecule has 0 radical (unpaired) electrons. The fourth-order valence-electron chi connectivity index (χ4n) is 3.49. The minimum absolute atomic E-state index is 0.140. The fourth-order valence-corrected chi connectivity index (χ4v) is 4.48. The van der Waals surface area contributed by atoms with Crippen molar-refractivity contribution < 1.29 is 28.9 Å². The first-order valence-electron chi connectivity index (χ1n) is 11.5. The van der Waals surface area contributed by atoms with Gasteiger partial charge in [-0.2, -0.15) is 0 Å². The van der Waals surface area contributed by atoms with Gasteiger partial charge in [-0.1, -0.05) is 18.2 Å². The number of aliphatic imine (C=N–C) groups is 1. The number of ether oxygens (including phenoxy) is 3. The third-order valence-corrected chi connectivity index (χ3v) is 6.52. The molecule has 1 aliphatic heterocycles. The molecule has 1 aliphatic rings. The number of hydrogen-bond donors (Lipinski definition) is 1. The van der Waals surface area contributed by atoms with Crippen molar-refractivity contribution in [1.82, 2.24) is 4.90 Å². The molecule has 1 amide bonds. The zero-order valence-corrected chi connectivity index (χ0v) is 21.5. The largest absolute Gasteiger partial charge is 0.494 e. The Morgan fingerprint density at radius 2 is 1.76 bits per heavy atom. The van der Waals surface area contributed by atoms with E-state index in [4.69, 9.17) is 19.3 Å². The summed E-state index contributed by atoms with van der Waals surface area (Å²) in [5, 5.41) is 9.61. The van der Waals surface area contributed by atoms with Crippen LogP contribution in [0.15, 0.2) is 76.6 Å². The lowest BCUT2D eigenvalue weighted by Gasteiger charge is -2.12. The first-order valence-corrected chi connectivity index (χ1v) is 12.3. The third kappa shape index (κ3) is 6.31. The summed E-state index contributed by atoms with van der Waals surface area (Å²) in [7, 11) is 3.25. The average Bonchev–Trinajstić information content (AvgIpc) is 3.16. The van der Waals surface area contributed by atoms with Gasteiger partial charge < -0.3 is 19.3 Å². The first-order chi connectivity index (χ1) is 17.9. The Labute approximate surface area is 219 Å². The highest BCUT2D eigenvalue weighted by molar-refractivity contribution is 8.18. The summed E-state index contributed by atoms with van der Waals surface area (Å²) in [4.78, 5) is 30.5. The first kappa shape index (κ1) is 25.8. The summed E-state index contributed by atoms with van der Waals surface area (Å²) in [5.41, 5.74) is 2.55. The molecule has 4 rings (SSSR count). The van der Waals surface area contributed by atoms with E-state index in [0.29, 0.717) is 28.2 Å². The normalized spacial score (nSPS) is 15.3. The minimum atomic E-state index is -0.974. The number of methoxy groups -OCH3 is 1. The molecule has 0 unspecified atom stereocenters. The van der Waals surface area contributed by atoms with Crippen LogP contribution in [0.2, 0.25) is 0 Å². The molecule has 37 heavy (non-hydrogen) atoms. The molecule has 0 bridgehead atoms. The lowest BCUT2D eigenvalue weighted by Crippen LogP contribution is -2.23. The highest BCUT2D eigenvalue weighted by Crippen LogP contribution is 2.35. The zero-order chi connectivity index (χ0) is 26.4. The number of benzene rings is 3. The average molecular weight is 519 g/mol. The number of hydrogen-bond acceptors (Lipinski definition) is 7. The van der Waals surface area contributed by atoms with Crippen LogP contribution in [0.25, 0.3) is 6.08 Å². The molecule has 0 saturated carbocycles. The Bertz CT molecular complexity index is 1350. The zero-order valence-electron chi connectivity index (χ0n) is 20.6. The van der Waals surface area contributed by atoms with Crippen LogP contribution in [0, 0.1) is 0 Å². The van der Waals surface area contributed by atoms with Crippen molar-refractivity contribution in [1.29, 1.82) is 0 Å². The molecule has 9 heteroatoms. The predicted molar refractivity (Wildman–Crippen MR) is 144 cm³/mol. The number of nitrogens with zero attached hydrogens (tertiary/aromatic N) is 2. The van der Waals surface area contributed by atoms with Gasteiger partial charge in [-0.15, -0.1) is 0 Å². The second-order valence-corrected chi connectivity index (χ2v) is 9.01. The maximum absolute atomic E-state index is 12.8. The monoisotopic (exact) mass is 518 g/mol. The smallest absolute Gasteiger partial charge is 0.335 e. The van der Waals surface area contributed by atoms with E-state index in [2.05, 4.69) is 4.99 Å².